The van der Waals surface area contributed by atoms with E-state index < -0.39 is 6.10 Å². The first-order valence-electron chi connectivity index (χ1n) is 6.15. The Bertz CT molecular complexity index is 721. The Hall–Kier alpha value is -2.18. The van der Waals surface area contributed by atoms with E-state index in [-0.39, 0.29) is 12.5 Å². The van der Waals surface area contributed by atoms with Crippen molar-refractivity contribution in [3.05, 3.63) is 52.3 Å². The molecule has 0 bridgehead atoms. The molecule has 1 atom stereocenters. The topological polar surface area (TPSA) is 78.0 Å². The first-order chi connectivity index (χ1) is 9.74. The van der Waals surface area contributed by atoms with Crippen molar-refractivity contribution in [2.45, 2.75) is 6.10 Å². The molecule has 2 heterocycles. The molecule has 6 heteroatoms. The monoisotopic (exact) mass is 287 g/mol. The fourth-order valence-corrected chi connectivity index (χ4v) is 2.66. The van der Waals surface area contributed by atoms with Gasteiger partial charge in [-0.15, -0.1) is 0 Å². The van der Waals surface area contributed by atoms with Crippen LogP contribution in [-0.4, -0.2) is 27.8 Å². The van der Waals surface area contributed by atoms with Crippen LogP contribution in [0.25, 0.3) is 10.9 Å². The van der Waals surface area contributed by atoms with Crippen molar-refractivity contribution in [3.63, 3.8) is 0 Å². The third-order valence-corrected chi connectivity index (χ3v) is 3.79. The molecule has 1 unspecified atom stereocenters. The van der Waals surface area contributed by atoms with E-state index in [0.29, 0.717) is 5.56 Å². The van der Waals surface area contributed by atoms with Crippen molar-refractivity contribution < 1.29 is 9.90 Å². The molecular formula is C14H13N3O2S. The number of H-pyrrole nitrogens is 1. The Kier molecular flexibility index (Phi) is 3.49. The van der Waals surface area contributed by atoms with E-state index >= 15 is 0 Å². The molecule has 1 aromatic carbocycles. The zero-order valence-corrected chi connectivity index (χ0v) is 11.4. The van der Waals surface area contributed by atoms with Crippen LogP contribution in [0.3, 0.4) is 0 Å². The molecule has 0 saturated heterocycles. The van der Waals surface area contributed by atoms with Crippen LogP contribution in [-0.2, 0) is 0 Å². The van der Waals surface area contributed by atoms with Gasteiger partial charge < -0.3 is 10.4 Å². The highest BCUT2D eigenvalue weighted by atomic mass is 32.1. The number of fused-ring (bicyclic) bond motifs is 1. The van der Waals surface area contributed by atoms with Gasteiger partial charge in [0, 0.05) is 17.5 Å². The quantitative estimate of drug-likeness (QED) is 0.687. The molecule has 3 aromatic rings. The van der Waals surface area contributed by atoms with Gasteiger partial charge in [-0.25, -0.2) is 0 Å². The standard InChI is InChI=1S/C14H13N3O2S/c18-13(11-3-4-20-8-11)7-15-14(19)9-1-2-10-6-16-17-12(10)5-9/h1-6,8,13,18H,7H2,(H,15,19)(H,16,17). The second-order valence-electron chi connectivity index (χ2n) is 4.45. The van der Waals surface area contributed by atoms with Crippen LogP contribution in [0.2, 0.25) is 0 Å². The lowest BCUT2D eigenvalue weighted by molar-refractivity contribution is 0.0916. The third-order valence-electron chi connectivity index (χ3n) is 3.09. The normalized spacial score (nSPS) is 12.4. The van der Waals surface area contributed by atoms with E-state index in [2.05, 4.69) is 15.5 Å². The van der Waals surface area contributed by atoms with Gasteiger partial charge in [-0.3, -0.25) is 9.89 Å². The fraction of sp³-hybridized carbons (Fsp3) is 0.143. The summed E-state index contributed by atoms with van der Waals surface area (Å²) in [4.78, 5) is 12.0. The molecule has 3 N–H and O–H groups in total. The molecule has 0 saturated carbocycles. The maximum atomic E-state index is 12.0. The molecule has 0 spiro atoms. The molecule has 1 amide bonds. The molecule has 102 valence electrons. The van der Waals surface area contributed by atoms with Crippen LogP contribution in [0.1, 0.15) is 22.0 Å². The molecule has 0 aliphatic heterocycles. The van der Waals surface area contributed by atoms with Crippen molar-refractivity contribution in [2.75, 3.05) is 6.54 Å². The number of thiophene rings is 1. The van der Waals surface area contributed by atoms with Crippen LogP contribution in [0, 0.1) is 0 Å². The number of amides is 1. The van der Waals surface area contributed by atoms with Gasteiger partial charge in [0.2, 0.25) is 0 Å². The highest BCUT2D eigenvalue weighted by Crippen LogP contribution is 2.16. The van der Waals surface area contributed by atoms with Crippen LogP contribution < -0.4 is 5.32 Å². The van der Waals surface area contributed by atoms with E-state index in [9.17, 15) is 9.90 Å². The predicted octanol–water partition coefficient (Wildman–Crippen LogP) is 2.09. The number of aliphatic hydroxyl groups excluding tert-OH is 1. The highest BCUT2D eigenvalue weighted by molar-refractivity contribution is 7.07. The molecule has 0 aliphatic rings. The van der Waals surface area contributed by atoms with Crippen LogP contribution in [0.5, 0.6) is 0 Å². The van der Waals surface area contributed by atoms with Crippen LogP contribution >= 0.6 is 11.3 Å². The van der Waals surface area contributed by atoms with E-state index in [4.69, 9.17) is 0 Å². The molecule has 0 radical (unpaired) electrons. The molecule has 3 rings (SSSR count). The largest absolute Gasteiger partial charge is 0.387 e. The number of hydrogen-bond acceptors (Lipinski definition) is 4. The molecule has 2 aromatic heterocycles. The number of nitrogens with one attached hydrogen (secondary N) is 2. The molecule has 5 nitrogen and oxygen atoms in total. The predicted molar refractivity (Wildman–Crippen MR) is 77.7 cm³/mol. The first kappa shape index (κ1) is 12.8. The van der Waals surface area contributed by atoms with Gasteiger partial charge in [-0.1, -0.05) is 6.07 Å². The fourth-order valence-electron chi connectivity index (χ4n) is 1.95. The van der Waals surface area contributed by atoms with Gasteiger partial charge in [0.05, 0.1) is 17.8 Å². The third kappa shape index (κ3) is 2.56. The smallest absolute Gasteiger partial charge is 0.251 e. The SMILES string of the molecule is O=C(NCC(O)c1ccsc1)c1ccc2cn[nH]c2c1. The maximum absolute atomic E-state index is 12.0. The molecular weight excluding hydrogens is 274 g/mol. The summed E-state index contributed by atoms with van der Waals surface area (Å²) in [6, 6.07) is 7.17. The van der Waals surface area contributed by atoms with Gasteiger partial charge in [0.25, 0.3) is 5.91 Å². The average molecular weight is 287 g/mol. The minimum Gasteiger partial charge on any atom is -0.387 e. The van der Waals surface area contributed by atoms with Crippen molar-refractivity contribution in [2.24, 2.45) is 0 Å². The molecule has 0 fully saturated rings. The summed E-state index contributed by atoms with van der Waals surface area (Å²) in [7, 11) is 0. The number of aliphatic hydroxyl groups is 1. The number of aromatic amines is 1. The van der Waals surface area contributed by atoms with Crippen molar-refractivity contribution >= 4 is 28.1 Å². The van der Waals surface area contributed by atoms with E-state index in [1.165, 1.54) is 11.3 Å². The van der Waals surface area contributed by atoms with E-state index in [0.717, 1.165) is 16.5 Å². The van der Waals surface area contributed by atoms with Crippen molar-refractivity contribution in [1.29, 1.82) is 0 Å². The van der Waals surface area contributed by atoms with Crippen LogP contribution in [0.15, 0.2) is 41.2 Å². The minimum atomic E-state index is -0.680. The lowest BCUT2D eigenvalue weighted by Crippen LogP contribution is -2.28. The Balaban J connectivity index is 1.66. The lowest BCUT2D eigenvalue weighted by Gasteiger charge is -2.10. The van der Waals surface area contributed by atoms with Gasteiger partial charge in [0.1, 0.15) is 0 Å². The number of carbonyl (C=O) groups excluding carboxylic acids is 1. The summed E-state index contributed by atoms with van der Waals surface area (Å²) in [6.07, 6.45) is 1.03. The summed E-state index contributed by atoms with van der Waals surface area (Å²) >= 11 is 1.52. The summed E-state index contributed by atoms with van der Waals surface area (Å²) in [5.41, 5.74) is 2.18. The zero-order valence-electron chi connectivity index (χ0n) is 10.5. The molecule has 0 aliphatic carbocycles. The number of nitrogens with zero attached hydrogens (tertiary/aromatic N) is 1. The summed E-state index contributed by atoms with van der Waals surface area (Å²) in [5.74, 6) is -0.212. The van der Waals surface area contributed by atoms with Crippen LogP contribution in [0.4, 0.5) is 0 Å². The first-order valence-corrected chi connectivity index (χ1v) is 7.10. The summed E-state index contributed by atoms with van der Waals surface area (Å²) in [5, 5.41) is 24.1. The van der Waals surface area contributed by atoms with Crippen molar-refractivity contribution in [1.82, 2.24) is 15.5 Å². The second kappa shape index (κ2) is 5.44. The Morgan fingerprint density at radius 2 is 2.35 bits per heavy atom. The minimum absolute atomic E-state index is 0.191. The number of carbonyl (C=O) groups is 1. The van der Waals surface area contributed by atoms with Gasteiger partial charge in [-0.2, -0.15) is 16.4 Å². The van der Waals surface area contributed by atoms with Gasteiger partial charge in [0.15, 0.2) is 0 Å². The number of aromatic nitrogens is 2. The van der Waals surface area contributed by atoms with Crippen molar-refractivity contribution in [3.8, 4) is 0 Å². The number of rotatable bonds is 4. The highest BCUT2D eigenvalue weighted by Gasteiger charge is 2.11. The van der Waals surface area contributed by atoms with Gasteiger partial charge in [-0.05, 0) is 34.5 Å². The lowest BCUT2D eigenvalue weighted by atomic mass is 10.1. The Morgan fingerprint density at radius 1 is 1.45 bits per heavy atom. The Labute approximate surface area is 119 Å². The van der Waals surface area contributed by atoms with E-state index in [1.807, 2.05) is 22.9 Å². The second-order valence-corrected chi connectivity index (χ2v) is 5.23. The number of hydrogen-bond donors (Lipinski definition) is 3. The van der Waals surface area contributed by atoms with E-state index in [1.54, 1.807) is 18.3 Å². The summed E-state index contributed by atoms with van der Waals surface area (Å²) < 4.78 is 0. The average Bonchev–Trinajstić information content (AvgIpc) is 3.13. The zero-order chi connectivity index (χ0) is 13.9. The van der Waals surface area contributed by atoms with Gasteiger partial charge >= 0.3 is 0 Å². The molecule has 20 heavy (non-hydrogen) atoms. The number of benzene rings is 1. The summed E-state index contributed by atoms with van der Waals surface area (Å²) in [6.45, 7) is 0.191. The maximum Gasteiger partial charge on any atom is 0.251 e. The Morgan fingerprint density at radius 3 is 3.15 bits per heavy atom.